The first kappa shape index (κ1) is 19.8. The van der Waals surface area contributed by atoms with E-state index in [2.05, 4.69) is 17.1 Å². The lowest BCUT2D eigenvalue weighted by Crippen LogP contribution is -2.16. The highest BCUT2D eigenvalue weighted by molar-refractivity contribution is 5.60. The molecule has 2 aromatic carbocycles. The second-order valence-electron chi connectivity index (χ2n) is 6.31. The van der Waals surface area contributed by atoms with Crippen LogP contribution < -0.4 is 10.5 Å². The van der Waals surface area contributed by atoms with E-state index in [1.54, 1.807) is 20.4 Å². The minimum Gasteiger partial charge on any atom is -0.493 e. The quantitative estimate of drug-likeness (QED) is 0.571. The monoisotopic (exact) mass is 379 g/mol. The van der Waals surface area contributed by atoms with Crippen LogP contribution in [0.25, 0.3) is 11.3 Å². The van der Waals surface area contributed by atoms with Crippen LogP contribution in [-0.4, -0.2) is 37.1 Å². The van der Waals surface area contributed by atoms with Crippen molar-refractivity contribution in [1.29, 1.82) is 0 Å². The molecule has 0 spiro atoms. The van der Waals surface area contributed by atoms with Gasteiger partial charge in [0.25, 0.3) is 0 Å². The van der Waals surface area contributed by atoms with Gasteiger partial charge in [0.15, 0.2) is 6.29 Å². The molecule has 0 radical (unpaired) electrons. The summed E-state index contributed by atoms with van der Waals surface area (Å²) in [7, 11) is 3.23. The molecule has 0 bridgehead atoms. The van der Waals surface area contributed by atoms with Crippen molar-refractivity contribution in [2.24, 2.45) is 0 Å². The van der Waals surface area contributed by atoms with Crippen LogP contribution in [0, 0.1) is 0 Å². The van der Waals surface area contributed by atoms with E-state index < -0.39 is 0 Å². The van der Waals surface area contributed by atoms with Gasteiger partial charge >= 0.3 is 0 Å². The third-order valence-electron chi connectivity index (χ3n) is 4.39. The molecule has 6 heteroatoms. The number of anilines is 1. The number of benzene rings is 2. The molecular formula is C22H25N3O3. The summed E-state index contributed by atoms with van der Waals surface area (Å²) in [5.74, 6) is 1.24. The van der Waals surface area contributed by atoms with Gasteiger partial charge < -0.3 is 19.9 Å². The molecule has 6 nitrogen and oxygen atoms in total. The second-order valence-corrected chi connectivity index (χ2v) is 6.31. The number of nitrogen functional groups attached to an aromatic ring is 1. The molecule has 3 aromatic rings. The third-order valence-corrected chi connectivity index (χ3v) is 4.39. The van der Waals surface area contributed by atoms with E-state index in [0.717, 1.165) is 28.3 Å². The largest absolute Gasteiger partial charge is 0.493 e. The summed E-state index contributed by atoms with van der Waals surface area (Å²) < 4.78 is 16.0. The van der Waals surface area contributed by atoms with Crippen molar-refractivity contribution < 1.29 is 14.2 Å². The minimum absolute atomic E-state index is 0.257. The van der Waals surface area contributed by atoms with E-state index in [-0.39, 0.29) is 6.29 Å². The number of ether oxygens (including phenoxy) is 3. The predicted octanol–water partition coefficient (Wildman–Crippen LogP) is 3.70. The van der Waals surface area contributed by atoms with Crippen LogP contribution in [0.1, 0.15) is 17.7 Å². The summed E-state index contributed by atoms with van der Waals surface area (Å²) in [5, 5.41) is 0. The maximum absolute atomic E-state index is 6.03. The molecule has 0 aliphatic heterocycles. The Labute approximate surface area is 165 Å². The molecule has 28 heavy (non-hydrogen) atoms. The van der Waals surface area contributed by atoms with Crippen LogP contribution in [-0.2, 0) is 15.9 Å². The first-order valence-corrected chi connectivity index (χ1v) is 9.13. The Morgan fingerprint density at radius 2 is 1.68 bits per heavy atom. The number of nitrogens with two attached hydrogens (primary N) is 1. The zero-order valence-corrected chi connectivity index (χ0v) is 16.2. The highest BCUT2D eigenvalue weighted by atomic mass is 16.7. The molecule has 3 rings (SSSR count). The molecule has 0 saturated carbocycles. The molecule has 0 atom stereocenters. The Kier molecular flexibility index (Phi) is 6.94. The van der Waals surface area contributed by atoms with E-state index >= 15 is 0 Å². The minimum atomic E-state index is -0.257. The number of aromatic nitrogens is 2. The van der Waals surface area contributed by atoms with Crippen LogP contribution in [0.15, 0.2) is 60.8 Å². The fourth-order valence-corrected chi connectivity index (χ4v) is 2.82. The number of hydrogen-bond acceptors (Lipinski definition) is 6. The Balaban J connectivity index is 1.67. The van der Waals surface area contributed by atoms with Crippen molar-refractivity contribution in [2.75, 3.05) is 26.6 Å². The lowest BCUT2D eigenvalue weighted by Gasteiger charge is -2.14. The third kappa shape index (κ3) is 5.28. The van der Waals surface area contributed by atoms with E-state index in [0.29, 0.717) is 25.3 Å². The average molecular weight is 379 g/mol. The smallest absolute Gasteiger partial charge is 0.160 e. The van der Waals surface area contributed by atoms with Crippen LogP contribution in [0.2, 0.25) is 0 Å². The molecule has 0 unspecified atom stereocenters. The first-order chi connectivity index (χ1) is 13.7. The fourth-order valence-electron chi connectivity index (χ4n) is 2.82. The standard InChI is InChI=1S/C22H25N3O3/c1-26-21(27-2)12-13-28-18-10-8-17(9-11-18)20-15-24-22(23)19(25-20)14-16-6-4-3-5-7-16/h3-11,15,21H,12-14H2,1-2H3,(H2,23,24). The molecular weight excluding hydrogens is 354 g/mol. The van der Waals surface area contributed by atoms with Crippen molar-refractivity contribution in [3.05, 3.63) is 72.1 Å². The second kappa shape index (κ2) is 9.82. The van der Waals surface area contributed by atoms with E-state index in [1.165, 1.54) is 0 Å². The van der Waals surface area contributed by atoms with Crippen molar-refractivity contribution in [2.45, 2.75) is 19.1 Å². The zero-order valence-electron chi connectivity index (χ0n) is 16.2. The van der Waals surface area contributed by atoms with Crippen molar-refractivity contribution in [1.82, 2.24) is 9.97 Å². The topological polar surface area (TPSA) is 79.5 Å². The molecule has 0 aliphatic rings. The highest BCUT2D eigenvalue weighted by Crippen LogP contribution is 2.23. The highest BCUT2D eigenvalue weighted by Gasteiger charge is 2.09. The molecule has 2 N–H and O–H groups in total. The van der Waals surface area contributed by atoms with Crippen LogP contribution in [0.3, 0.4) is 0 Å². The Bertz CT molecular complexity index is 866. The number of hydrogen-bond donors (Lipinski definition) is 1. The maximum atomic E-state index is 6.03. The van der Waals surface area contributed by atoms with Gasteiger partial charge in [-0.15, -0.1) is 0 Å². The van der Waals surface area contributed by atoms with E-state index in [4.69, 9.17) is 24.9 Å². The van der Waals surface area contributed by atoms with Crippen LogP contribution >= 0.6 is 0 Å². The Morgan fingerprint density at radius 3 is 2.36 bits per heavy atom. The van der Waals surface area contributed by atoms with Gasteiger partial charge in [-0.25, -0.2) is 9.97 Å². The van der Waals surface area contributed by atoms with Gasteiger partial charge in [-0.3, -0.25) is 0 Å². The first-order valence-electron chi connectivity index (χ1n) is 9.13. The van der Waals surface area contributed by atoms with Gasteiger partial charge in [-0.1, -0.05) is 30.3 Å². The summed E-state index contributed by atoms with van der Waals surface area (Å²) in [6, 6.07) is 17.9. The molecule has 1 aromatic heterocycles. The molecule has 0 amide bonds. The SMILES string of the molecule is COC(CCOc1ccc(-c2cnc(N)c(Cc3ccccc3)n2)cc1)OC. The maximum Gasteiger partial charge on any atom is 0.160 e. The number of rotatable bonds is 9. The van der Waals surface area contributed by atoms with Gasteiger partial charge in [0.05, 0.1) is 24.2 Å². The lowest BCUT2D eigenvalue weighted by atomic mass is 10.1. The Morgan fingerprint density at radius 1 is 0.964 bits per heavy atom. The van der Waals surface area contributed by atoms with Crippen molar-refractivity contribution in [3.8, 4) is 17.0 Å². The summed E-state index contributed by atoms with van der Waals surface area (Å²) in [4.78, 5) is 9.03. The normalized spacial score (nSPS) is 11.0. The van der Waals surface area contributed by atoms with Gasteiger partial charge in [0.1, 0.15) is 11.6 Å². The summed E-state index contributed by atoms with van der Waals surface area (Å²) in [6.07, 6.45) is 2.74. The van der Waals surface area contributed by atoms with E-state index in [1.807, 2.05) is 42.5 Å². The van der Waals surface area contributed by atoms with Crippen molar-refractivity contribution >= 4 is 5.82 Å². The molecule has 0 fully saturated rings. The molecule has 1 heterocycles. The number of methoxy groups -OCH3 is 2. The van der Waals surface area contributed by atoms with Gasteiger partial charge in [0, 0.05) is 32.6 Å². The Hall–Kier alpha value is -2.96. The number of nitrogens with zero attached hydrogens (tertiary/aromatic N) is 2. The summed E-state index contributed by atoms with van der Waals surface area (Å²) in [6.45, 7) is 0.509. The predicted molar refractivity (Wildman–Crippen MR) is 109 cm³/mol. The molecule has 146 valence electrons. The van der Waals surface area contributed by atoms with Gasteiger partial charge in [0.2, 0.25) is 0 Å². The van der Waals surface area contributed by atoms with Gasteiger partial charge in [-0.05, 0) is 29.8 Å². The molecule has 0 aliphatic carbocycles. The van der Waals surface area contributed by atoms with E-state index in [9.17, 15) is 0 Å². The average Bonchev–Trinajstić information content (AvgIpc) is 2.74. The van der Waals surface area contributed by atoms with Crippen molar-refractivity contribution in [3.63, 3.8) is 0 Å². The lowest BCUT2D eigenvalue weighted by molar-refractivity contribution is -0.110. The van der Waals surface area contributed by atoms with Crippen LogP contribution in [0.5, 0.6) is 5.75 Å². The summed E-state index contributed by atoms with van der Waals surface area (Å²) >= 11 is 0. The zero-order chi connectivity index (χ0) is 19.8. The fraction of sp³-hybridized carbons (Fsp3) is 0.273. The van der Waals surface area contributed by atoms with Gasteiger partial charge in [-0.2, -0.15) is 0 Å². The summed E-state index contributed by atoms with van der Waals surface area (Å²) in [5.41, 5.74) is 9.69. The molecule has 0 saturated heterocycles. The van der Waals surface area contributed by atoms with Crippen LogP contribution in [0.4, 0.5) is 5.82 Å².